The Labute approximate surface area is 191 Å². The van der Waals surface area contributed by atoms with Crippen LogP contribution in [0.3, 0.4) is 0 Å². The normalized spacial score (nSPS) is 22.0. The summed E-state index contributed by atoms with van der Waals surface area (Å²) in [6.45, 7) is 6.91. The third kappa shape index (κ3) is 4.75. The van der Waals surface area contributed by atoms with Crippen LogP contribution in [0.15, 0.2) is 22.4 Å². The van der Waals surface area contributed by atoms with Crippen LogP contribution in [0.1, 0.15) is 39.5 Å². The van der Waals surface area contributed by atoms with Crippen molar-refractivity contribution in [2.24, 2.45) is 0 Å². The summed E-state index contributed by atoms with van der Waals surface area (Å²) >= 11 is 6.83. The van der Waals surface area contributed by atoms with Crippen LogP contribution in [0.5, 0.6) is 0 Å². The third-order valence-corrected chi connectivity index (χ3v) is 9.57. The lowest BCUT2D eigenvalue weighted by Crippen LogP contribution is -2.57. The Bertz CT molecular complexity index is 1040. The Hall–Kier alpha value is -1.26. The first-order chi connectivity index (χ1) is 14.7. The van der Waals surface area contributed by atoms with E-state index < -0.39 is 21.9 Å². The van der Waals surface area contributed by atoms with Gasteiger partial charge in [-0.15, -0.1) is 11.3 Å². The summed E-state index contributed by atoms with van der Waals surface area (Å²) in [7, 11) is -3.91. The maximum absolute atomic E-state index is 13.7. The highest BCUT2D eigenvalue weighted by Gasteiger charge is 2.37. The molecule has 10 heteroatoms. The molecule has 6 nitrogen and oxygen atoms in total. The second-order valence-electron chi connectivity index (χ2n) is 8.58. The van der Waals surface area contributed by atoms with Crippen molar-refractivity contribution in [1.29, 1.82) is 0 Å². The van der Waals surface area contributed by atoms with Crippen molar-refractivity contribution in [2.75, 3.05) is 19.6 Å². The Morgan fingerprint density at radius 3 is 2.55 bits per heavy atom. The van der Waals surface area contributed by atoms with Crippen LogP contribution in [0.2, 0.25) is 5.02 Å². The van der Waals surface area contributed by atoms with E-state index in [0.717, 1.165) is 43.7 Å². The number of carbonyl (C=O) groups excluding carboxylic acids is 1. The van der Waals surface area contributed by atoms with E-state index in [2.05, 4.69) is 23.5 Å². The molecule has 0 aliphatic carbocycles. The minimum atomic E-state index is -3.91. The van der Waals surface area contributed by atoms with E-state index >= 15 is 0 Å². The number of piperidine rings is 2. The molecule has 1 aromatic carbocycles. The van der Waals surface area contributed by atoms with Crippen LogP contribution < -0.4 is 4.72 Å². The molecule has 3 heterocycles. The quantitative estimate of drug-likeness (QED) is 0.695. The second-order valence-corrected chi connectivity index (χ2v) is 12.0. The van der Waals surface area contributed by atoms with Crippen LogP contribution in [-0.4, -0.2) is 61.9 Å². The van der Waals surface area contributed by atoms with Crippen LogP contribution in [0, 0.1) is 5.82 Å². The average molecular weight is 488 g/mol. The molecule has 170 valence electrons. The second kappa shape index (κ2) is 8.94. The van der Waals surface area contributed by atoms with E-state index in [1.54, 1.807) is 0 Å². The fourth-order valence-electron chi connectivity index (χ4n) is 4.47. The van der Waals surface area contributed by atoms with Crippen molar-refractivity contribution in [3.8, 4) is 0 Å². The Kier molecular flexibility index (Phi) is 6.61. The van der Waals surface area contributed by atoms with E-state index in [0.29, 0.717) is 29.1 Å². The zero-order valence-electron chi connectivity index (χ0n) is 17.6. The predicted octanol–water partition coefficient (Wildman–Crippen LogP) is 3.84. The Morgan fingerprint density at radius 2 is 1.87 bits per heavy atom. The first-order valence-corrected chi connectivity index (χ1v) is 13.3. The van der Waals surface area contributed by atoms with E-state index in [4.69, 9.17) is 11.6 Å². The number of hydrogen-bond acceptors (Lipinski definition) is 5. The number of halogens is 2. The molecule has 1 amide bonds. The number of sulfonamides is 1. The van der Waals surface area contributed by atoms with Crippen molar-refractivity contribution in [2.45, 2.75) is 61.9 Å². The zero-order chi connectivity index (χ0) is 22.3. The number of rotatable bonds is 5. The van der Waals surface area contributed by atoms with Crippen molar-refractivity contribution in [1.82, 2.24) is 14.5 Å². The van der Waals surface area contributed by atoms with Gasteiger partial charge in [-0.05, 0) is 63.1 Å². The Balaban J connectivity index is 1.47. The first kappa shape index (κ1) is 22.9. The SMILES string of the molecule is CC(C)N1CCC(N2CCC[C@H](NS(=O)(=O)c3cc4cc(F)c(Cl)cc4s3)C2=O)CC1. The number of benzene rings is 1. The summed E-state index contributed by atoms with van der Waals surface area (Å²) in [5, 5.41) is 0.425. The molecule has 31 heavy (non-hydrogen) atoms. The number of hydrogen-bond donors (Lipinski definition) is 1. The molecule has 0 radical (unpaired) electrons. The molecule has 2 aliphatic heterocycles. The fourth-order valence-corrected chi connectivity index (χ4v) is 7.36. The van der Waals surface area contributed by atoms with Gasteiger partial charge in [-0.25, -0.2) is 12.8 Å². The molecule has 2 aromatic rings. The molecule has 2 aliphatic rings. The van der Waals surface area contributed by atoms with Gasteiger partial charge in [0, 0.05) is 36.4 Å². The lowest BCUT2D eigenvalue weighted by atomic mass is 9.97. The molecule has 0 bridgehead atoms. The van der Waals surface area contributed by atoms with Crippen molar-refractivity contribution < 1.29 is 17.6 Å². The molecule has 4 rings (SSSR count). The van der Waals surface area contributed by atoms with Crippen LogP contribution in [0.4, 0.5) is 4.39 Å². The molecule has 0 spiro atoms. The number of nitrogens with one attached hydrogen (secondary N) is 1. The summed E-state index contributed by atoms with van der Waals surface area (Å²) in [4.78, 5) is 17.4. The van der Waals surface area contributed by atoms with Crippen LogP contribution in [-0.2, 0) is 14.8 Å². The number of amides is 1. The average Bonchev–Trinajstić information content (AvgIpc) is 3.13. The first-order valence-electron chi connectivity index (χ1n) is 10.6. The highest BCUT2D eigenvalue weighted by atomic mass is 35.5. The van der Waals surface area contributed by atoms with Gasteiger partial charge in [-0.2, -0.15) is 4.72 Å². The predicted molar refractivity (Wildman–Crippen MR) is 122 cm³/mol. The van der Waals surface area contributed by atoms with Gasteiger partial charge in [-0.3, -0.25) is 4.79 Å². The number of carbonyl (C=O) groups is 1. The smallest absolute Gasteiger partial charge is 0.250 e. The van der Waals surface area contributed by atoms with Gasteiger partial charge in [0.1, 0.15) is 16.1 Å². The third-order valence-electron chi connectivity index (χ3n) is 6.24. The standard InChI is InChI=1S/C21H27ClFN3O3S2/c1-13(2)25-8-5-15(6-9-25)26-7-3-4-18(21(26)27)24-31(28,29)20-11-14-10-17(23)16(22)12-19(14)30-20/h10-13,15,18,24H,3-9H2,1-2H3/t18-/m0/s1. The lowest BCUT2D eigenvalue weighted by molar-refractivity contribution is -0.139. The number of thiophene rings is 1. The minimum Gasteiger partial charge on any atom is -0.338 e. The topological polar surface area (TPSA) is 69.7 Å². The van der Waals surface area contributed by atoms with E-state index in [-0.39, 0.29) is 21.2 Å². The highest BCUT2D eigenvalue weighted by Crippen LogP contribution is 2.33. The van der Waals surface area contributed by atoms with Crippen molar-refractivity contribution in [3.05, 3.63) is 29.0 Å². The minimum absolute atomic E-state index is 0.0483. The summed E-state index contributed by atoms with van der Waals surface area (Å²) in [5.74, 6) is -0.737. The van der Waals surface area contributed by atoms with Gasteiger partial charge in [-0.1, -0.05) is 11.6 Å². The van der Waals surface area contributed by atoms with Crippen molar-refractivity contribution >= 4 is 49.0 Å². The maximum Gasteiger partial charge on any atom is 0.250 e. The molecule has 1 atom stereocenters. The number of likely N-dealkylation sites (tertiary alicyclic amines) is 2. The maximum atomic E-state index is 13.7. The molecule has 2 saturated heterocycles. The van der Waals surface area contributed by atoms with E-state index in [1.807, 2.05) is 4.90 Å². The van der Waals surface area contributed by atoms with Crippen molar-refractivity contribution in [3.63, 3.8) is 0 Å². The van der Waals surface area contributed by atoms with Gasteiger partial charge < -0.3 is 9.80 Å². The number of nitrogens with zero attached hydrogens (tertiary/aromatic N) is 2. The molecule has 1 aromatic heterocycles. The highest BCUT2D eigenvalue weighted by molar-refractivity contribution is 7.91. The monoisotopic (exact) mass is 487 g/mol. The fraction of sp³-hybridized carbons (Fsp3) is 0.571. The molecule has 0 saturated carbocycles. The van der Waals surface area contributed by atoms with Gasteiger partial charge in [0.05, 0.1) is 5.02 Å². The van der Waals surface area contributed by atoms with Gasteiger partial charge in [0.2, 0.25) is 5.91 Å². The molecular weight excluding hydrogens is 461 g/mol. The van der Waals surface area contributed by atoms with E-state index in [1.165, 1.54) is 18.2 Å². The Morgan fingerprint density at radius 1 is 1.16 bits per heavy atom. The molecule has 2 fully saturated rings. The zero-order valence-corrected chi connectivity index (χ0v) is 20.0. The summed E-state index contributed by atoms with van der Waals surface area (Å²) in [6, 6.07) is 3.95. The summed E-state index contributed by atoms with van der Waals surface area (Å²) in [5.41, 5.74) is 0. The molecule has 0 unspecified atom stereocenters. The van der Waals surface area contributed by atoms with Crippen LogP contribution >= 0.6 is 22.9 Å². The van der Waals surface area contributed by atoms with Gasteiger partial charge >= 0.3 is 0 Å². The molecular formula is C21H27ClFN3O3S2. The van der Waals surface area contributed by atoms with Gasteiger partial charge in [0.25, 0.3) is 10.0 Å². The molecule has 1 N–H and O–H groups in total. The van der Waals surface area contributed by atoms with E-state index in [9.17, 15) is 17.6 Å². The van der Waals surface area contributed by atoms with Crippen LogP contribution in [0.25, 0.3) is 10.1 Å². The lowest BCUT2D eigenvalue weighted by Gasteiger charge is -2.43. The summed E-state index contributed by atoms with van der Waals surface area (Å²) in [6.07, 6.45) is 3.05. The largest absolute Gasteiger partial charge is 0.338 e. The number of fused-ring (bicyclic) bond motifs is 1. The summed E-state index contributed by atoms with van der Waals surface area (Å²) < 4.78 is 42.9. The van der Waals surface area contributed by atoms with Gasteiger partial charge in [0.15, 0.2) is 0 Å².